The smallest absolute Gasteiger partial charge is 0.427 e. The first-order valence-electron chi connectivity index (χ1n) is 9.20. The van der Waals surface area contributed by atoms with Gasteiger partial charge in [0.05, 0.1) is 12.8 Å². The van der Waals surface area contributed by atoms with Gasteiger partial charge in [-0.1, -0.05) is 11.6 Å². The third kappa shape index (κ3) is 5.77. The second-order valence-electron chi connectivity index (χ2n) is 6.71. The van der Waals surface area contributed by atoms with E-state index in [-0.39, 0.29) is 46.2 Å². The van der Waals surface area contributed by atoms with Crippen molar-refractivity contribution in [3.8, 4) is 17.0 Å². The van der Waals surface area contributed by atoms with Crippen LogP contribution in [0.15, 0.2) is 30.3 Å². The van der Waals surface area contributed by atoms with E-state index in [4.69, 9.17) is 16.3 Å². The van der Waals surface area contributed by atoms with Gasteiger partial charge in [-0.2, -0.15) is 17.5 Å². The minimum absolute atomic E-state index is 0.0204. The van der Waals surface area contributed by atoms with Crippen LogP contribution in [0.3, 0.4) is 0 Å². The maximum absolute atomic E-state index is 14.4. The van der Waals surface area contributed by atoms with E-state index in [1.807, 2.05) is 0 Å². The Morgan fingerprint density at radius 3 is 2.33 bits per heavy atom. The number of nitrogens with zero attached hydrogens (tertiary/aromatic N) is 1. The van der Waals surface area contributed by atoms with Gasteiger partial charge in [0.1, 0.15) is 17.3 Å². The van der Waals surface area contributed by atoms with Gasteiger partial charge in [0.15, 0.2) is 17.4 Å². The molecule has 0 unspecified atom stereocenters. The van der Waals surface area contributed by atoms with E-state index in [2.05, 4.69) is 9.11 Å². The lowest BCUT2D eigenvalue weighted by Crippen LogP contribution is -2.10. The summed E-state index contributed by atoms with van der Waals surface area (Å²) >= 11 is 5.75. The number of alkyl halides is 3. The summed E-state index contributed by atoms with van der Waals surface area (Å²) < 4.78 is 96.8. The third-order valence-corrected chi connectivity index (χ3v) is 5.67. The molecular formula is C21H14ClF6NO3S. The SMILES string of the molecule is COC(=O)CCc1cc(F)c(OCc2c(-c3ccc(Cl)cc3F)nsc2C(F)(F)F)c(F)c1. The minimum atomic E-state index is -4.85. The van der Waals surface area contributed by atoms with E-state index in [0.29, 0.717) is 0 Å². The second kappa shape index (κ2) is 10.0. The van der Waals surface area contributed by atoms with Crippen molar-refractivity contribution in [2.75, 3.05) is 7.11 Å². The van der Waals surface area contributed by atoms with E-state index in [0.717, 1.165) is 24.3 Å². The van der Waals surface area contributed by atoms with Crippen molar-refractivity contribution in [1.29, 1.82) is 0 Å². The average Bonchev–Trinajstić information content (AvgIpc) is 3.15. The molecule has 0 aliphatic carbocycles. The maximum Gasteiger partial charge on any atom is 0.427 e. The van der Waals surface area contributed by atoms with Gasteiger partial charge in [0.2, 0.25) is 0 Å². The summed E-state index contributed by atoms with van der Waals surface area (Å²) in [7, 11) is 1.17. The molecule has 0 amide bonds. The molecule has 0 radical (unpaired) electrons. The number of carbonyl (C=O) groups is 1. The first-order chi connectivity index (χ1) is 15.5. The van der Waals surface area contributed by atoms with Crippen molar-refractivity contribution in [2.45, 2.75) is 25.6 Å². The van der Waals surface area contributed by atoms with E-state index >= 15 is 0 Å². The number of methoxy groups -OCH3 is 1. The summed E-state index contributed by atoms with van der Waals surface area (Å²) in [4.78, 5) is 10.0. The number of halogens is 7. The lowest BCUT2D eigenvalue weighted by molar-refractivity contribution is -0.140. The van der Waals surface area contributed by atoms with E-state index in [1.165, 1.54) is 13.2 Å². The number of rotatable bonds is 7. The maximum atomic E-state index is 14.4. The van der Waals surface area contributed by atoms with Crippen LogP contribution in [0.4, 0.5) is 26.3 Å². The molecular weight excluding hydrogens is 496 g/mol. The highest BCUT2D eigenvalue weighted by molar-refractivity contribution is 7.06. The van der Waals surface area contributed by atoms with Crippen LogP contribution in [0.5, 0.6) is 5.75 Å². The fourth-order valence-corrected chi connectivity index (χ4v) is 3.87. The van der Waals surface area contributed by atoms with Crippen LogP contribution in [0.25, 0.3) is 11.3 Å². The summed E-state index contributed by atoms with van der Waals surface area (Å²) in [5.41, 5.74) is -1.11. The molecule has 176 valence electrons. The highest BCUT2D eigenvalue weighted by atomic mass is 35.5. The summed E-state index contributed by atoms with van der Waals surface area (Å²) in [5, 5.41) is 0.0248. The number of esters is 1. The summed E-state index contributed by atoms with van der Waals surface area (Å²) in [6, 6.07) is 5.12. The normalized spacial score (nSPS) is 11.5. The summed E-state index contributed by atoms with van der Waals surface area (Å²) in [6.07, 6.45) is -5.00. The topological polar surface area (TPSA) is 48.4 Å². The lowest BCUT2D eigenvalue weighted by Gasteiger charge is -2.13. The van der Waals surface area contributed by atoms with Crippen molar-refractivity contribution in [3.05, 3.63) is 68.8 Å². The molecule has 0 aliphatic rings. The zero-order valence-corrected chi connectivity index (χ0v) is 18.3. The van der Waals surface area contributed by atoms with Crippen molar-refractivity contribution < 1.29 is 40.6 Å². The molecule has 0 bridgehead atoms. The fourth-order valence-electron chi connectivity index (χ4n) is 2.95. The Kier molecular flexibility index (Phi) is 7.53. The standard InChI is InChI=1S/C21H14ClF6NO3S/c1-31-17(30)5-2-10-6-15(24)19(16(25)7-10)32-9-13-18(29-33-20(13)21(26,27)28)12-4-3-11(22)8-14(12)23/h3-4,6-8H,2,5,9H2,1H3. The van der Waals surface area contributed by atoms with Crippen LogP contribution >= 0.6 is 23.1 Å². The van der Waals surface area contributed by atoms with Crippen LogP contribution < -0.4 is 4.74 Å². The van der Waals surface area contributed by atoms with E-state index in [9.17, 15) is 31.1 Å². The molecule has 3 rings (SSSR count). The number of carbonyl (C=O) groups excluding carboxylic acids is 1. The van der Waals surface area contributed by atoms with Gasteiger partial charge in [0, 0.05) is 22.6 Å². The Balaban J connectivity index is 1.92. The van der Waals surface area contributed by atoms with Crippen LogP contribution in [0, 0.1) is 17.5 Å². The molecule has 1 heterocycles. The zero-order valence-electron chi connectivity index (χ0n) is 16.7. The number of aromatic nitrogens is 1. The highest BCUT2D eigenvalue weighted by Gasteiger charge is 2.38. The Hall–Kier alpha value is -2.79. The molecule has 0 atom stereocenters. The number of benzene rings is 2. The molecule has 4 nitrogen and oxygen atoms in total. The monoisotopic (exact) mass is 509 g/mol. The Labute approximate surface area is 192 Å². The molecule has 0 fully saturated rings. The van der Waals surface area contributed by atoms with Gasteiger partial charge < -0.3 is 9.47 Å². The number of hydrogen-bond donors (Lipinski definition) is 0. The quantitative estimate of drug-likeness (QED) is 0.266. The third-order valence-electron chi connectivity index (χ3n) is 4.50. The van der Waals surface area contributed by atoms with Crippen molar-refractivity contribution in [2.24, 2.45) is 0 Å². The predicted molar refractivity (Wildman–Crippen MR) is 109 cm³/mol. The van der Waals surface area contributed by atoms with Crippen LogP contribution in [-0.4, -0.2) is 17.5 Å². The van der Waals surface area contributed by atoms with E-state index < -0.39 is 52.4 Å². The minimum Gasteiger partial charge on any atom is -0.483 e. The average molecular weight is 510 g/mol. The molecule has 0 aliphatic heterocycles. The molecule has 0 N–H and O–H groups in total. The van der Waals surface area contributed by atoms with Crippen molar-refractivity contribution >= 4 is 29.1 Å². The molecule has 12 heteroatoms. The molecule has 0 spiro atoms. The molecule has 2 aromatic carbocycles. The summed E-state index contributed by atoms with van der Waals surface area (Å²) in [6.45, 7) is -0.932. The predicted octanol–water partition coefficient (Wildman–Crippen LogP) is 6.58. The van der Waals surface area contributed by atoms with Gasteiger partial charge in [0.25, 0.3) is 0 Å². The van der Waals surface area contributed by atoms with Crippen LogP contribution in [0.2, 0.25) is 5.02 Å². The summed E-state index contributed by atoms with van der Waals surface area (Å²) in [5.74, 6) is -4.77. The van der Waals surface area contributed by atoms with Crippen LogP contribution in [0.1, 0.15) is 22.4 Å². The van der Waals surface area contributed by atoms with Crippen LogP contribution in [-0.2, 0) is 28.7 Å². The molecule has 33 heavy (non-hydrogen) atoms. The molecule has 0 saturated carbocycles. The fraction of sp³-hybridized carbons (Fsp3) is 0.238. The number of ether oxygens (including phenoxy) is 2. The Morgan fingerprint density at radius 2 is 1.76 bits per heavy atom. The lowest BCUT2D eigenvalue weighted by atomic mass is 10.1. The van der Waals surface area contributed by atoms with E-state index in [1.54, 1.807) is 0 Å². The first-order valence-corrected chi connectivity index (χ1v) is 10.3. The van der Waals surface area contributed by atoms with Gasteiger partial charge in [-0.3, -0.25) is 4.79 Å². The largest absolute Gasteiger partial charge is 0.483 e. The zero-order chi connectivity index (χ0) is 24.3. The van der Waals surface area contributed by atoms with Gasteiger partial charge >= 0.3 is 12.1 Å². The van der Waals surface area contributed by atoms with Crippen molar-refractivity contribution in [3.63, 3.8) is 0 Å². The van der Waals surface area contributed by atoms with Gasteiger partial charge in [-0.15, -0.1) is 0 Å². The van der Waals surface area contributed by atoms with Gasteiger partial charge in [-0.25, -0.2) is 13.2 Å². The molecule has 3 aromatic rings. The van der Waals surface area contributed by atoms with Gasteiger partial charge in [-0.05, 0) is 53.8 Å². The number of aryl methyl sites for hydroxylation is 1. The molecule has 0 saturated heterocycles. The second-order valence-corrected chi connectivity index (χ2v) is 7.92. The number of hydrogen-bond acceptors (Lipinski definition) is 5. The Morgan fingerprint density at radius 1 is 1.09 bits per heavy atom. The highest BCUT2D eigenvalue weighted by Crippen LogP contribution is 2.41. The Bertz CT molecular complexity index is 1160. The van der Waals surface area contributed by atoms with Crippen molar-refractivity contribution in [1.82, 2.24) is 4.37 Å². The molecule has 1 aromatic heterocycles. The first kappa shape index (κ1) is 24.8.